The number of hydrogen-bond acceptors (Lipinski definition) is 4. The van der Waals surface area contributed by atoms with Crippen molar-refractivity contribution in [2.75, 3.05) is 32.8 Å². The number of likely N-dealkylation sites (tertiary alicyclic amines) is 1. The van der Waals surface area contributed by atoms with Gasteiger partial charge in [-0.05, 0) is 44.2 Å². The Balaban J connectivity index is 2.39. The third-order valence-corrected chi connectivity index (χ3v) is 4.25. The SMILES string of the molecule is CCNC(CCN1CCC(C(C)(C)C)C1)C(=O)OCC. The van der Waals surface area contributed by atoms with Gasteiger partial charge in [-0.3, -0.25) is 4.79 Å². The van der Waals surface area contributed by atoms with Gasteiger partial charge in [0.15, 0.2) is 0 Å². The third kappa shape index (κ3) is 5.41. The molecule has 118 valence electrons. The zero-order valence-corrected chi connectivity index (χ0v) is 13.9. The van der Waals surface area contributed by atoms with Crippen molar-refractivity contribution in [1.82, 2.24) is 10.2 Å². The van der Waals surface area contributed by atoms with Crippen LogP contribution in [0.5, 0.6) is 0 Å². The fourth-order valence-corrected chi connectivity index (χ4v) is 2.85. The van der Waals surface area contributed by atoms with Gasteiger partial charge in [0.25, 0.3) is 0 Å². The number of esters is 1. The Kier molecular flexibility index (Phi) is 6.96. The largest absolute Gasteiger partial charge is 0.465 e. The van der Waals surface area contributed by atoms with Crippen LogP contribution in [0.15, 0.2) is 0 Å². The van der Waals surface area contributed by atoms with Gasteiger partial charge in [-0.1, -0.05) is 27.7 Å². The zero-order chi connectivity index (χ0) is 15.2. The Morgan fingerprint density at radius 3 is 2.60 bits per heavy atom. The minimum atomic E-state index is -0.159. The summed E-state index contributed by atoms with van der Waals surface area (Å²) in [5, 5.41) is 3.23. The van der Waals surface area contributed by atoms with Gasteiger partial charge < -0.3 is 15.0 Å². The second-order valence-corrected chi connectivity index (χ2v) is 6.80. The van der Waals surface area contributed by atoms with E-state index in [1.807, 2.05) is 13.8 Å². The molecule has 1 aliphatic heterocycles. The van der Waals surface area contributed by atoms with E-state index < -0.39 is 0 Å². The number of rotatable bonds is 7. The van der Waals surface area contributed by atoms with Crippen LogP contribution in [0.4, 0.5) is 0 Å². The summed E-state index contributed by atoms with van der Waals surface area (Å²) in [5.41, 5.74) is 0.386. The third-order valence-electron chi connectivity index (χ3n) is 4.25. The topological polar surface area (TPSA) is 41.6 Å². The Bertz CT molecular complexity index is 299. The van der Waals surface area contributed by atoms with E-state index >= 15 is 0 Å². The Morgan fingerprint density at radius 2 is 2.10 bits per heavy atom. The minimum Gasteiger partial charge on any atom is -0.465 e. The highest BCUT2D eigenvalue weighted by Gasteiger charge is 2.32. The van der Waals surface area contributed by atoms with Crippen LogP contribution in [0.1, 0.15) is 47.5 Å². The molecule has 4 heteroatoms. The lowest BCUT2D eigenvalue weighted by Gasteiger charge is -2.27. The quantitative estimate of drug-likeness (QED) is 0.728. The maximum Gasteiger partial charge on any atom is 0.323 e. The lowest BCUT2D eigenvalue weighted by Crippen LogP contribution is -2.40. The summed E-state index contributed by atoms with van der Waals surface area (Å²) >= 11 is 0. The highest BCUT2D eigenvalue weighted by atomic mass is 16.5. The molecule has 1 saturated heterocycles. The summed E-state index contributed by atoms with van der Waals surface area (Å²) in [6.07, 6.45) is 2.11. The minimum absolute atomic E-state index is 0.110. The molecule has 0 aromatic carbocycles. The fraction of sp³-hybridized carbons (Fsp3) is 0.938. The molecule has 1 rings (SSSR count). The van der Waals surface area contributed by atoms with E-state index in [2.05, 4.69) is 31.0 Å². The van der Waals surface area contributed by atoms with Crippen molar-refractivity contribution in [2.24, 2.45) is 11.3 Å². The van der Waals surface area contributed by atoms with E-state index in [0.717, 1.165) is 38.5 Å². The number of nitrogens with zero attached hydrogens (tertiary/aromatic N) is 1. The molecule has 2 atom stereocenters. The lowest BCUT2D eigenvalue weighted by molar-refractivity contribution is -0.145. The maximum absolute atomic E-state index is 11.9. The molecule has 20 heavy (non-hydrogen) atoms. The Labute approximate surface area is 124 Å². The maximum atomic E-state index is 11.9. The van der Waals surface area contributed by atoms with E-state index in [9.17, 15) is 4.79 Å². The molecule has 1 heterocycles. The van der Waals surface area contributed by atoms with Crippen molar-refractivity contribution >= 4 is 5.97 Å². The summed E-state index contributed by atoms with van der Waals surface area (Å²) in [4.78, 5) is 14.3. The Hall–Kier alpha value is -0.610. The summed E-state index contributed by atoms with van der Waals surface area (Å²) in [7, 11) is 0. The van der Waals surface area contributed by atoms with Gasteiger partial charge in [-0.2, -0.15) is 0 Å². The number of carbonyl (C=O) groups excluding carboxylic acids is 1. The monoisotopic (exact) mass is 284 g/mol. The van der Waals surface area contributed by atoms with E-state index in [4.69, 9.17) is 4.74 Å². The predicted octanol–water partition coefficient (Wildman–Crippen LogP) is 2.29. The standard InChI is InChI=1S/C16H32N2O2/c1-6-17-14(15(19)20-7-2)9-11-18-10-8-13(12-18)16(3,4)5/h13-14,17H,6-12H2,1-5H3. The normalized spacial score (nSPS) is 21.9. The summed E-state index contributed by atoms with van der Waals surface area (Å²) in [6, 6.07) is -0.159. The van der Waals surface area contributed by atoms with Crippen LogP contribution >= 0.6 is 0 Å². The number of ether oxygens (including phenoxy) is 1. The van der Waals surface area contributed by atoms with E-state index in [-0.39, 0.29) is 12.0 Å². The molecule has 0 aliphatic carbocycles. The molecule has 0 spiro atoms. The molecule has 1 aliphatic rings. The smallest absolute Gasteiger partial charge is 0.323 e. The van der Waals surface area contributed by atoms with Crippen molar-refractivity contribution < 1.29 is 9.53 Å². The van der Waals surface area contributed by atoms with E-state index in [1.54, 1.807) is 0 Å². The first-order valence-corrected chi connectivity index (χ1v) is 8.00. The van der Waals surface area contributed by atoms with Crippen LogP contribution in [0.2, 0.25) is 0 Å². The van der Waals surface area contributed by atoms with Gasteiger partial charge >= 0.3 is 5.97 Å². The van der Waals surface area contributed by atoms with Crippen molar-refractivity contribution in [3.8, 4) is 0 Å². The first-order valence-electron chi connectivity index (χ1n) is 8.00. The van der Waals surface area contributed by atoms with Crippen LogP contribution in [0.3, 0.4) is 0 Å². The molecule has 0 saturated carbocycles. The second kappa shape index (κ2) is 7.99. The van der Waals surface area contributed by atoms with E-state index in [1.165, 1.54) is 6.42 Å². The van der Waals surface area contributed by atoms with Crippen LogP contribution in [0.25, 0.3) is 0 Å². The lowest BCUT2D eigenvalue weighted by atomic mass is 9.80. The molecule has 0 amide bonds. The van der Waals surface area contributed by atoms with Gasteiger partial charge in [-0.15, -0.1) is 0 Å². The van der Waals surface area contributed by atoms with Gasteiger partial charge in [0, 0.05) is 13.1 Å². The first-order chi connectivity index (χ1) is 9.38. The van der Waals surface area contributed by atoms with Gasteiger partial charge in [0.1, 0.15) is 6.04 Å². The number of nitrogens with one attached hydrogen (secondary N) is 1. The molecule has 0 aromatic rings. The van der Waals surface area contributed by atoms with Crippen molar-refractivity contribution in [3.05, 3.63) is 0 Å². The van der Waals surface area contributed by atoms with Crippen LogP contribution in [0, 0.1) is 11.3 Å². The molecule has 0 radical (unpaired) electrons. The predicted molar refractivity (Wildman–Crippen MR) is 82.7 cm³/mol. The van der Waals surface area contributed by atoms with Gasteiger partial charge in [0.2, 0.25) is 0 Å². The second-order valence-electron chi connectivity index (χ2n) is 6.80. The molecular formula is C16H32N2O2. The molecule has 0 bridgehead atoms. The molecule has 2 unspecified atom stereocenters. The van der Waals surface area contributed by atoms with Crippen LogP contribution in [-0.2, 0) is 9.53 Å². The van der Waals surface area contributed by atoms with Crippen molar-refractivity contribution in [3.63, 3.8) is 0 Å². The average Bonchev–Trinajstić information content (AvgIpc) is 2.83. The molecule has 4 nitrogen and oxygen atoms in total. The number of likely N-dealkylation sites (N-methyl/N-ethyl adjacent to an activating group) is 1. The van der Waals surface area contributed by atoms with Crippen LogP contribution < -0.4 is 5.32 Å². The highest BCUT2D eigenvalue weighted by molar-refractivity contribution is 5.75. The molecule has 1 fully saturated rings. The molecule has 0 aromatic heterocycles. The van der Waals surface area contributed by atoms with Crippen molar-refractivity contribution in [2.45, 2.75) is 53.5 Å². The molecule has 1 N–H and O–H groups in total. The number of carbonyl (C=O) groups is 1. The highest BCUT2D eigenvalue weighted by Crippen LogP contribution is 2.33. The molecular weight excluding hydrogens is 252 g/mol. The van der Waals surface area contributed by atoms with E-state index in [0.29, 0.717) is 12.0 Å². The average molecular weight is 284 g/mol. The summed E-state index contributed by atoms with van der Waals surface area (Å²) < 4.78 is 5.13. The Morgan fingerprint density at radius 1 is 1.40 bits per heavy atom. The fourth-order valence-electron chi connectivity index (χ4n) is 2.85. The van der Waals surface area contributed by atoms with Crippen LogP contribution in [-0.4, -0.2) is 49.7 Å². The summed E-state index contributed by atoms with van der Waals surface area (Å²) in [5.74, 6) is 0.656. The summed E-state index contributed by atoms with van der Waals surface area (Å²) in [6.45, 7) is 15.4. The zero-order valence-electron chi connectivity index (χ0n) is 13.9. The number of hydrogen-bond donors (Lipinski definition) is 1. The van der Waals surface area contributed by atoms with Gasteiger partial charge in [-0.25, -0.2) is 0 Å². The van der Waals surface area contributed by atoms with Gasteiger partial charge in [0.05, 0.1) is 6.61 Å². The van der Waals surface area contributed by atoms with Crippen molar-refractivity contribution in [1.29, 1.82) is 0 Å². The first kappa shape index (κ1) is 17.4.